The first-order chi connectivity index (χ1) is 12.2. The van der Waals surface area contributed by atoms with E-state index in [0.29, 0.717) is 38.1 Å². The molecule has 2 heterocycles. The first kappa shape index (κ1) is 17.7. The molecule has 142 valence electrons. The maximum atomic E-state index is 12.1. The van der Waals surface area contributed by atoms with Crippen LogP contribution in [0.2, 0.25) is 0 Å². The van der Waals surface area contributed by atoms with Crippen molar-refractivity contribution in [2.75, 3.05) is 32.8 Å². The SMILES string of the molecule is O=C(C[C@@H]1CC[C@@H]2[C@H](COC[C@H](O)CN2CC2CC2)O1)NCC1CC1. The molecule has 4 atom stereocenters. The molecule has 1 amide bonds. The smallest absolute Gasteiger partial charge is 0.222 e. The molecule has 0 radical (unpaired) electrons. The van der Waals surface area contributed by atoms with Crippen LogP contribution < -0.4 is 5.32 Å². The quantitative estimate of drug-likeness (QED) is 0.744. The molecule has 2 aliphatic carbocycles. The highest BCUT2D eigenvalue weighted by Gasteiger charge is 2.39. The van der Waals surface area contributed by atoms with Gasteiger partial charge >= 0.3 is 0 Å². The summed E-state index contributed by atoms with van der Waals surface area (Å²) in [5.41, 5.74) is 0. The summed E-state index contributed by atoms with van der Waals surface area (Å²) >= 11 is 0. The van der Waals surface area contributed by atoms with Gasteiger partial charge in [0, 0.05) is 25.7 Å². The second-order valence-electron chi connectivity index (χ2n) is 8.48. The Morgan fingerprint density at radius 1 is 1.08 bits per heavy atom. The Hall–Kier alpha value is -0.690. The normalized spacial score (nSPS) is 37.0. The lowest BCUT2D eigenvalue weighted by Crippen LogP contribution is -2.56. The highest BCUT2D eigenvalue weighted by Crippen LogP contribution is 2.34. The minimum absolute atomic E-state index is 0.00354. The standard InChI is InChI=1S/C19H32N2O4/c22-15-10-21(9-14-3-4-14)17-6-5-16(25-18(17)12-24-11-15)7-19(23)20-8-13-1-2-13/h13-18,22H,1-12H2,(H,20,23)/t15-,16+,17-,18+/m1/s1. The molecule has 2 aliphatic heterocycles. The molecular formula is C19H32N2O4. The van der Waals surface area contributed by atoms with E-state index in [1.54, 1.807) is 0 Å². The average molecular weight is 352 g/mol. The van der Waals surface area contributed by atoms with Crippen molar-refractivity contribution < 1.29 is 19.4 Å². The number of hydrogen-bond acceptors (Lipinski definition) is 5. The second-order valence-corrected chi connectivity index (χ2v) is 8.48. The number of aliphatic hydroxyl groups is 1. The van der Waals surface area contributed by atoms with Gasteiger partial charge in [0.05, 0.1) is 37.9 Å². The summed E-state index contributed by atoms with van der Waals surface area (Å²) in [5.74, 6) is 1.62. The van der Waals surface area contributed by atoms with E-state index < -0.39 is 6.10 Å². The fourth-order valence-corrected chi connectivity index (χ4v) is 4.15. The zero-order valence-electron chi connectivity index (χ0n) is 15.1. The van der Waals surface area contributed by atoms with Gasteiger partial charge in [-0.15, -0.1) is 0 Å². The number of nitrogens with one attached hydrogen (secondary N) is 1. The molecular weight excluding hydrogens is 320 g/mol. The summed E-state index contributed by atoms with van der Waals surface area (Å²) in [5, 5.41) is 13.2. The van der Waals surface area contributed by atoms with Crippen molar-refractivity contribution in [2.24, 2.45) is 11.8 Å². The molecule has 6 heteroatoms. The summed E-state index contributed by atoms with van der Waals surface area (Å²) < 4.78 is 11.9. The van der Waals surface area contributed by atoms with Crippen LogP contribution in [0.15, 0.2) is 0 Å². The number of hydrogen-bond donors (Lipinski definition) is 2. The first-order valence-electron chi connectivity index (χ1n) is 10.1. The average Bonchev–Trinajstić information content (AvgIpc) is 3.46. The summed E-state index contributed by atoms with van der Waals surface area (Å²) in [4.78, 5) is 14.6. The van der Waals surface area contributed by atoms with E-state index in [-0.39, 0.29) is 18.1 Å². The van der Waals surface area contributed by atoms with E-state index in [9.17, 15) is 9.90 Å². The molecule has 0 bridgehead atoms. The Morgan fingerprint density at radius 3 is 2.64 bits per heavy atom. The number of fused-ring (bicyclic) bond motifs is 1. The predicted octanol–water partition coefficient (Wildman–Crippen LogP) is 0.922. The van der Waals surface area contributed by atoms with Crippen LogP contribution in [0.4, 0.5) is 0 Å². The van der Waals surface area contributed by atoms with Crippen molar-refractivity contribution >= 4 is 5.91 Å². The lowest BCUT2D eigenvalue weighted by Gasteiger charge is -2.44. The van der Waals surface area contributed by atoms with Gasteiger partial charge in [0.1, 0.15) is 0 Å². The molecule has 0 aromatic heterocycles. The van der Waals surface area contributed by atoms with Gasteiger partial charge in [0.2, 0.25) is 5.91 Å². The largest absolute Gasteiger partial charge is 0.389 e. The maximum Gasteiger partial charge on any atom is 0.222 e. The number of nitrogens with zero attached hydrogens (tertiary/aromatic N) is 1. The molecule has 4 fully saturated rings. The Bertz CT molecular complexity index is 466. The molecule has 4 aliphatic rings. The van der Waals surface area contributed by atoms with Crippen LogP contribution in [0, 0.1) is 11.8 Å². The molecule has 0 aromatic carbocycles. The Balaban J connectivity index is 1.31. The topological polar surface area (TPSA) is 71.0 Å². The van der Waals surface area contributed by atoms with Crippen molar-refractivity contribution in [3.05, 3.63) is 0 Å². The number of aliphatic hydroxyl groups excluding tert-OH is 1. The molecule has 4 rings (SSSR count). The van der Waals surface area contributed by atoms with Crippen LogP contribution in [0.3, 0.4) is 0 Å². The molecule has 25 heavy (non-hydrogen) atoms. The highest BCUT2D eigenvalue weighted by atomic mass is 16.5. The van der Waals surface area contributed by atoms with Gasteiger partial charge in [0.25, 0.3) is 0 Å². The van der Waals surface area contributed by atoms with Crippen LogP contribution >= 0.6 is 0 Å². The summed E-state index contributed by atoms with van der Waals surface area (Å²) in [6.45, 7) is 3.46. The van der Waals surface area contributed by atoms with Crippen molar-refractivity contribution in [3.8, 4) is 0 Å². The zero-order valence-corrected chi connectivity index (χ0v) is 15.1. The molecule has 2 saturated heterocycles. The fraction of sp³-hybridized carbons (Fsp3) is 0.947. The number of rotatable bonds is 6. The van der Waals surface area contributed by atoms with Crippen LogP contribution in [-0.4, -0.2) is 73.1 Å². The summed E-state index contributed by atoms with van der Waals surface area (Å²) in [6, 6.07) is 0.307. The summed E-state index contributed by atoms with van der Waals surface area (Å²) in [7, 11) is 0. The van der Waals surface area contributed by atoms with E-state index >= 15 is 0 Å². The highest BCUT2D eigenvalue weighted by molar-refractivity contribution is 5.76. The molecule has 0 spiro atoms. The number of carbonyl (C=O) groups is 1. The van der Waals surface area contributed by atoms with E-state index in [2.05, 4.69) is 10.2 Å². The maximum absolute atomic E-state index is 12.1. The van der Waals surface area contributed by atoms with Gasteiger partial charge in [-0.05, 0) is 50.4 Å². The molecule has 0 aromatic rings. The van der Waals surface area contributed by atoms with E-state index in [0.717, 1.165) is 31.8 Å². The van der Waals surface area contributed by atoms with E-state index in [4.69, 9.17) is 9.47 Å². The molecule has 2 N–H and O–H groups in total. The molecule has 0 unspecified atom stereocenters. The first-order valence-corrected chi connectivity index (χ1v) is 10.1. The van der Waals surface area contributed by atoms with Gasteiger partial charge in [-0.2, -0.15) is 0 Å². The Morgan fingerprint density at radius 2 is 1.88 bits per heavy atom. The monoisotopic (exact) mass is 352 g/mol. The van der Waals surface area contributed by atoms with E-state index in [1.165, 1.54) is 25.7 Å². The summed E-state index contributed by atoms with van der Waals surface area (Å²) in [6.07, 6.45) is 7.12. The van der Waals surface area contributed by atoms with Crippen LogP contribution in [0.5, 0.6) is 0 Å². The third-order valence-corrected chi connectivity index (χ3v) is 5.97. The third-order valence-electron chi connectivity index (χ3n) is 5.97. The second kappa shape index (κ2) is 7.91. The van der Waals surface area contributed by atoms with Gasteiger partial charge < -0.3 is 19.9 Å². The molecule has 6 nitrogen and oxygen atoms in total. The number of β-amino-alcohol motifs (C(OH)–C–C–N with tert-alkyl or cyclic N) is 1. The Labute approximate surface area is 150 Å². The van der Waals surface area contributed by atoms with Gasteiger partial charge in [-0.3, -0.25) is 9.69 Å². The van der Waals surface area contributed by atoms with Crippen molar-refractivity contribution in [1.29, 1.82) is 0 Å². The number of ether oxygens (including phenoxy) is 2. The van der Waals surface area contributed by atoms with Gasteiger partial charge in [-0.1, -0.05) is 0 Å². The van der Waals surface area contributed by atoms with E-state index in [1.807, 2.05) is 0 Å². The zero-order chi connectivity index (χ0) is 17.2. The number of carbonyl (C=O) groups excluding carboxylic acids is 1. The van der Waals surface area contributed by atoms with Crippen molar-refractivity contribution in [3.63, 3.8) is 0 Å². The Kier molecular flexibility index (Phi) is 5.60. The van der Waals surface area contributed by atoms with Crippen LogP contribution in [0.25, 0.3) is 0 Å². The van der Waals surface area contributed by atoms with Crippen LogP contribution in [-0.2, 0) is 14.3 Å². The van der Waals surface area contributed by atoms with Crippen molar-refractivity contribution in [2.45, 2.75) is 69.3 Å². The lowest BCUT2D eigenvalue weighted by atomic mass is 9.94. The third kappa shape index (κ3) is 5.16. The minimum Gasteiger partial charge on any atom is -0.389 e. The molecule has 2 saturated carbocycles. The predicted molar refractivity (Wildman–Crippen MR) is 93.2 cm³/mol. The van der Waals surface area contributed by atoms with Crippen molar-refractivity contribution in [1.82, 2.24) is 10.2 Å². The number of amides is 1. The minimum atomic E-state index is -0.411. The lowest BCUT2D eigenvalue weighted by molar-refractivity contribution is -0.157. The van der Waals surface area contributed by atoms with Gasteiger partial charge in [-0.25, -0.2) is 0 Å². The van der Waals surface area contributed by atoms with Crippen LogP contribution in [0.1, 0.15) is 44.9 Å². The van der Waals surface area contributed by atoms with Gasteiger partial charge in [0.15, 0.2) is 0 Å². The fourth-order valence-electron chi connectivity index (χ4n) is 4.15.